The zero-order valence-electron chi connectivity index (χ0n) is 15.2. The average Bonchev–Trinajstić information content (AvgIpc) is 2.56. The van der Waals surface area contributed by atoms with E-state index >= 15 is 0 Å². The van der Waals surface area contributed by atoms with Gasteiger partial charge in [-0.1, -0.05) is 55.8 Å². The minimum atomic E-state index is -0.0754. The van der Waals surface area contributed by atoms with Crippen LogP contribution >= 0.6 is 11.8 Å². The number of hydrogen-bond donors (Lipinski definition) is 0. The summed E-state index contributed by atoms with van der Waals surface area (Å²) in [7, 11) is 0. The third-order valence-corrected chi connectivity index (χ3v) is 6.38. The molecule has 132 valence electrons. The van der Waals surface area contributed by atoms with Crippen LogP contribution in [0.1, 0.15) is 52.0 Å². The molecule has 0 saturated carbocycles. The number of rotatable bonds is 8. The van der Waals surface area contributed by atoms with Gasteiger partial charge in [-0.05, 0) is 37.7 Å². The van der Waals surface area contributed by atoms with E-state index < -0.39 is 0 Å². The minimum absolute atomic E-state index is 0.0754. The SMILES string of the molecule is CC1=CCC(C(C)(C)SCCC(=O)OCCc2ccccc2)CC1. The smallest absolute Gasteiger partial charge is 0.306 e. The Balaban J connectivity index is 1.63. The van der Waals surface area contributed by atoms with Crippen molar-refractivity contribution in [1.29, 1.82) is 0 Å². The molecule has 1 aromatic rings. The van der Waals surface area contributed by atoms with Gasteiger partial charge in [-0.25, -0.2) is 0 Å². The van der Waals surface area contributed by atoms with Crippen molar-refractivity contribution in [3.05, 3.63) is 47.5 Å². The van der Waals surface area contributed by atoms with E-state index in [0.29, 0.717) is 18.9 Å². The Morgan fingerprint density at radius 2 is 2.04 bits per heavy atom. The first-order valence-corrected chi connectivity index (χ1v) is 9.95. The summed E-state index contributed by atoms with van der Waals surface area (Å²) in [6.07, 6.45) is 7.34. The fourth-order valence-corrected chi connectivity index (χ4v) is 4.36. The van der Waals surface area contributed by atoms with E-state index in [4.69, 9.17) is 4.74 Å². The first-order valence-electron chi connectivity index (χ1n) is 8.96. The maximum Gasteiger partial charge on any atom is 0.306 e. The molecule has 0 fully saturated rings. The predicted octanol–water partition coefficient (Wildman–Crippen LogP) is 5.42. The van der Waals surface area contributed by atoms with E-state index in [-0.39, 0.29) is 10.7 Å². The molecule has 1 atom stereocenters. The van der Waals surface area contributed by atoms with Crippen molar-refractivity contribution in [1.82, 2.24) is 0 Å². The van der Waals surface area contributed by atoms with E-state index in [1.807, 2.05) is 30.0 Å². The quantitative estimate of drug-likeness (QED) is 0.464. The minimum Gasteiger partial charge on any atom is -0.465 e. The molecule has 1 aromatic carbocycles. The molecular formula is C21H30O2S. The van der Waals surface area contributed by atoms with Gasteiger partial charge in [-0.2, -0.15) is 11.8 Å². The van der Waals surface area contributed by atoms with Gasteiger partial charge < -0.3 is 4.74 Å². The summed E-state index contributed by atoms with van der Waals surface area (Å²) in [6, 6.07) is 10.1. The first kappa shape index (κ1) is 19.1. The third-order valence-electron chi connectivity index (χ3n) is 4.90. The zero-order chi connectivity index (χ0) is 17.4. The van der Waals surface area contributed by atoms with Crippen molar-refractivity contribution in [3.63, 3.8) is 0 Å². The lowest BCUT2D eigenvalue weighted by Gasteiger charge is -2.35. The Labute approximate surface area is 151 Å². The second kappa shape index (κ2) is 9.31. The predicted molar refractivity (Wildman–Crippen MR) is 103 cm³/mol. The molecule has 1 aliphatic rings. The van der Waals surface area contributed by atoms with Crippen LogP contribution in [0.2, 0.25) is 0 Å². The summed E-state index contributed by atoms with van der Waals surface area (Å²) in [5, 5.41) is 0. The maximum atomic E-state index is 11.9. The second-order valence-electron chi connectivity index (χ2n) is 7.18. The normalized spacial score (nSPS) is 18.1. The fourth-order valence-electron chi connectivity index (χ4n) is 3.11. The van der Waals surface area contributed by atoms with Crippen LogP contribution in [0.15, 0.2) is 42.0 Å². The number of carbonyl (C=O) groups is 1. The van der Waals surface area contributed by atoms with Gasteiger partial charge in [0.2, 0.25) is 0 Å². The van der Waals surface area contributed by atoms with E-state index in [9.17, 15) is 4.79 Å². The number of hydrogen-bond acceptors (Lipinski definition) is 3. The Hall–Kier alpha value is -1.22. The molecule has 2 nitrogen and oxygen atoms in total. The van der Waals surface area contributed by atoms with Crippen molar-refractivity contribution in [2.24, 2.45) is 5.92 Å². The number of benzene rings is 1. The molecule has 0 aromatic heterocycles. The van der Waals surface area contributed by atoms with E-state index in [1.165, 1.54) is 30.4 Å². The van der Waals surface area contributed by atoms with Gasteiger partial charge in [0.25, 0.3) is 0 Å². The van der Waals surface area contributed by atoms with Gasteiger partial charge in [0.15, 0.2) is 0 Å². The lowest BCUT2D eigenvalue weighted by molar-refractivity contribution is -0.143. The lowest BCUT2D eigenvalue weighted by Crippen LogP contribution is -2.29. The van der Waals surface area contributed by atoms with Crippen molar-refractivity contribution in [3.8, 4) is 0 Å². The summed E-state index contributed by atoms with van der Waals surface area (Å²) in [5.41, 5.74) is 2.73. The van der Waals surface area contributed by atoms with Crippen molar-refractivity contribution < 1.29 is 9.53 Å². The van der Waals surface area contributed by atoms with Gasteiger partial charge in [0, 0.05) is 16.9 Å². The summed E-state index contributed by atoms with van der Waals surface area (Å²) < 4.78 is 5.58. The third kappa shape index (κ3) is 6.35. The highest BCUT2D eigenvalue weighted by Crippen LogP contribution is 2.40. The molecule has 0 spiro atoms. The van der Waals surface area contributed by atoms with E-state index in [0.717, 1.165) is 12.2 Å². The molecule has 3 heteroatoms. The molecule has 1 unspecified atom stereocenters. The highest BCUT2D eigenvalue weighted by molar-refractivity contribution is 8.00. The maximum absolute atomic E-state index is 11.9. The van der Waals surface area contributed by atoms with Crippen LogP contribution < -0.4 is 0 Å². The molecule has 0 heterocycles. The topological polar surface area (TPSA) is 26.3 Å². The second-order valence-corrected chi connectivity index (χ2v) is 8.93. The summed E-state index contributed by atoms with van der Waals surface area (Å²) >= 11 is 1.91. The Kier molecular flexibility index (Phi) is 7.41. The summed E-state index contributed by atoms with van der Waals surface area (Å²) in [6.45, 7) is 7.33. The molecule has 0 N–H and O–H groups in total. The fraction of sp³-hybridized carbons (Fsp3) is 0.571. The standard InChI is InChI=1S/C21H30O2S/c1-17-9-11-19(12-10-17)21(2,3)24-16-14-20(22)23-15-13-18-7-5-4-6-8-18/h4-9,19H,10-16H2,1-3H3. The molecule has 0 radical (unpaired) electrons. The van der Waals surface area contributed by atoms with Crippen LogP contribution in [-0.2, 0) is 16.0 Å². The monoisotopic (exact) mass is 346 g/mol. The van der Waals surface area contributed by atoms with Crippen LogP contribution in [0, 0.1) is 5.92 Å². The van der Waals surface area contributed by atoms with Gasteiger partial charge >= 0.3 is 5.97 Å². The van der Waals surface area contributed by atoms with Crippen LogP contribution in [0.4, 0.5) is 0 Å². The Morgan fingerprint density at radius 3 is 2.71 bits per heavy atom. The first-order chi connectivity index (χ1) is 11.5. The van der Waals surface area contributed by atoms with Gasteiger partial charge in [-0.3, -0.25) is 4.79 Å². The average molecular weight is 347 g/mol. The summed E-state index contributed by atoms with van der Waals surface area (Å²) in [5.74, 6) is 1.48. The Bertz CT molecular complexity index is 548. The Morgan fingerprint density at radius 1 is 1.29 bits per heavy atom. The lowest BCUT2D eigenvalue weighted by atomic mass is 9.82. The zero-order valence-corrected chi connectivity index (χ0v) is 16.0. The van der Waals surface area contributed by atoms with Crippen molar-refractivity contribution >= 4 is 17.7 Å². The molecule has 0 aliphatic heterocycles. The molecule has 1 aliphatic carbocycles. The molecule has 0 saturated heterocycles. The largest absolute Gasteiger partial charge is 0.465 e. The molecule has 0 bridgehead atoms. The highest BCUT2D eigenvalue weighted by Gasteiger charge is 2.30. The highest BCUT2D eigenvalue weighted by atomic mass is 32.2. The van der Waals surface area contributed by atoms with E-state index in [2.05, 4.69) is 39.0 Å². The van der Waals surface area contributed by atoms with Crippen LogP contribution in [0.25, 0.3) is 0 Å². The number of ether oxygens (including phenoxy) is 1. The van der Waals surface area contributed by atoms with Crippen LogP contribution in [0.5, 0.6) is 0 Å². The molecule has 0 amide bonds. The number of carbonyl (C=O) groups excluding carboxylic acids is 1. The van der Waals surface area contributed by atoms with Crippen LogP contribution in [-0.4, -0.2) is 23.1 Å². The summed E-state index contributed by atoms with van der Waals surface area (Å²) in [4.78, 5) is 11.9. The van der Waals surface area contributed by atoms with Crippen molar-refractivity contribution in [2.75, 3.05) is 12.4 Å². The van der Waals surface area contributed by atoms with Crippen molar-refractivity contribution in [2.45, 2.75) is 57.6 Å². The molecule has 24 heavy (non-hydrogen) atoms. The number of allylic oxidation sites excluding steroid dienone is 2. The molecule has 2 rings (SSSR count). The van der Waals surface area contributed by atoms with E-state index in [1.54, 1.807) is 0 Å². The number of esters is 1. The van der Waals surface area contributed by atoms with Crippen LogP contribution in [0.3, 0.4) is 0 Å². The van der Waals surface area contributed by atoms with Gasteiger partial charge in [-0.15, -0.1) is 0 Å². The van der Waals surface area contributed by atoms with Gasteiger partial charge in [0.1, 0.15) is 0 Å². The number of thioether (sulfide) groups is 1. The molecular weight excluding hydrogens is 316 g/mol. The van der Waals surface area contributed by atoms with Gasteiger partial charge in [0.05, 0.1) is 13.0 Å².